The minimum absolute atomic E-state index is 0.417. The number of hydrogen-bond donors (Lipinski definition) is 0. The number of benzene rings is 2. The second-order valence-electron chi connectivity index (χ2n) is 4.86. The molecule has 0 atom stereocenters. The van der Waals surface area contributed by atoms with Crippen molar-refractivity contribution in [3.8, 4) is 5.75 Å². The minimum atomic E-state index is 0.417. The number of para-hydroxylation sites is 3. The maximum atomic E-state index is 6.04. The third-order valence-corrected chi connectivity index (χ3v) is 3.89. The summed E-state index contributed by atoms with van der Waals surface area (Å²) in [6, 6.07) is 16.2. The molecule has 0 saturated carbocycles. The molecule has 0 fully saturated rings. The molecular weight excluding hydrogens is 284 g/mol. The lowest BCUT2D eigenvalue weighted by Gasteiger charge is -2.10. The van der Waals surface area contributed by atoms with E-state index in [0.29, 0.717) is 5.88 Å². The van der Waals surface area contributed by atoms with Gasteiger partial charge in [0, 0.05) is 6.54 Å². The Bertz CT molecular complexity index is 751. The molecule has 3 nitrogen and oxygen atoms in total. The number of halogens is 1. The SMILES string of the molecule is COc1ccccc1CCn1c(CCl)nc2ccccc21. The van der Waals surface area contributed by atoms with Crippen LogP contribution in [0.2, 0.25) is 0 Å². The van der Waals surface area contributed by atoms with Crippen LogP contribution < -0.4 is 4.74 Å². The van der Waals surface area contributed by atoms with Gasteiger partial charge in [0.15, 0.2) is 0 Å². The number of aryl methyl sites for hydroxylation is 2. The monoisotopic (exact) mass is 300 g/mol. The summed E-state index contributed by atoms with van der Waals surface area (Å²) in [6.07, 6.45) is 0.883. The highest BCUT2D eigenvalue weighted by atomic mass is 35.5. The van der Waals surface area contributed by atoms with Gasteiger partial charge in [0.2, 0.25) is 0 Å². The standard InChI is InChI=1S/C17H17ClN2O/c1-21-16-9-5-2-6-13(16)10-11-20-15-8-4-3-7-14(15)19-17(20)12-18/h2-9H,10-12H2,1H3. The number of hydrogen-bond acceptors (Lipinski definition) is 2. The van der Waals surface area contributed by atoms with Gasteiger partial charge < -0.3 is 9.30 Å². The molecule has 0 aliphatic heterocycles. The summed E-state index contributed by atoms with van der Waals surface area (Å²) in [4.78, 5) is 4.59. The Morgan fingerprint density at radius 3 is 2.67 bits per heavy atom. The first-order valence-electron chi connectivity index (χ1n) is 6.95. The summed E-state index contributed by atoms with van der Waals surface area (Å²) in [7, 11) is 1.70. The van der Waals surface area contributed by atoms with Crippen molar-refractivity contribution in [3.63, 3.8) is 0 Å². The van der Waals surface area contributed by atoms with Crippen molar-refractivity contribution in [2.45, 2.75) is 18.8 Å². The van der Waals surface area contributed by atoms with Gasteiger partial charge in [0.05, 0.1) is 24.0 Å². The highest BCUT2D eigenvalue weighted by Crippen LogP contribution is 2.21. The summed E-state index contributed by atoms with van der Waals surface area (Å²) in [5.74, 6) is 2.25. The number of ether oxygens (including phenoxy) is 1. The molecule has 0 N–H and O–H groups in total. The normalized spacial score (nSPS) is 11.0. The van der Waals surface area contributed by atoms with Gasteiger partial charge in [-0.3, -0.25) is 0 Å². The van der Waals surface area contributed by atoms with Crippen molar-refractivity contribution in [3.05, 3.63) is 59.9 Å². The van der Waals surface area contributed by atoms with E-state index in [4.69, 9.17) is 16.3 Å². The van der Waals surface area contributed by atoms with Crippen LogP contribution in [0.3, 0.4) is 0 Å². The molecule has 0 radical (unpaired) electrons. The average Bonchev–Trinajstić information content (AvgIpc) is 2.91. The lowest BCUT2D eigenvalue weighted by atomic mass is 10.1. The van der Waals surface area contributed by atoms with Crippen molar-refractivity contribution in [2.24, 2.45) is 0 Å². The molecule has 1 heterocycles. The maximum absolute atomic E-state index is 6.04. The minimum Gasteiger partial charge on any atom is -0.496 e. The average molecular weight is 301 g/mol. The van der Waals surface area contributed by atoms with E-state index >= 15 is 0 Å². The zero-order valence-corrected chi connectivity index (χ0v) is 12.7. The van der Waals surface area contributed by atoms with Crippen molar-refractivity contribution < 1.29 is 4.74 Å². The van der Waals surface area contributed by atoms with E-state index in [1.54, 1.807) is 7.11 Å². The summed E-state index contributed by atoms with van der Waals surface area (Å²) >= 11 is 6.04. The van der Waals surface area contributed by atoms with Gasteiger partial charge in [0.25, 0.3) is 0 Å². The topological polar surface area (TPSA) is 27.1 Å². The largest absolute Gasteiger partial charge is 0.496 e. The first-order valence-corrected chi connectivity index (χ1v) is 7.49. The first kappa shape index (κ1) is 14.0. The number of alkyl halides is 1. The van der Waals surface area contributed by atoms with E-state index in [1.165, 1.54) is 5.56 Å². The van der Waals surface area contributed by atoms with E-state index in [9.17, 15) is 0 Å². The van der Waals surface area contributed by atoms with Crippen molar-refractivity contribution in [1.29, 1.82) is 0 Å². The number of imidazole rings is 1. The van der Waals surface area contributed by atoms with E-state index in [1.807, 2.05) is 36.4 Å². The summed E-state index contributed by atoms with van der Waals surface area (Å²) in [5, 5.41) is 0. The molecule has 1 aromatic heterocycles. The Kier molecular flexibility index (Phi) is 4.11. The van der Waals surface area contributed by atoms with Gasteiger partial charge in [-0.1, -0.05) is 30.3 Å². The molecule has 4 heteroatoms. The van der Waals surface area contributed by atoms with Crippen LogP contribution in [0, 0.1) is 0 Å². The molecule has 0 spiro atoms. The highest BCUT2D eigenvalue weighted by Gasteiger charge is 2.10. The number of aromatic nitrogens is 2. The van der Waals surface area contributed by atoms with Gasteiger partial charge in [-0.15, -0.1) is 11.6 Å². The van der Waals surface area contributed by atoms with Gasteiger partial charge >= 0.3 is 0 Å². The molecule has 2 aromatic carbocycles. The Labute approximate surface area is 129 Å². The van der Waals surface area contributed by atoms with E-state index in [-0.39, 0.29) is 0 Å². The Hall–Kier alpha value is -2.00. The lowest BCUT2D eigenvalue weighted by molar-refractivity contribution is 0.408. The van der Waals surface area contributed by atoms with Gasteiger partial charge in [-0.05, 0) is 30.2 Å². The molecule has 21 heavy (non-hydrogen) atoms. The predicted molar refractivity (Wildman–Crippen MR) is 86.0 cm³/mol. The smallest absolute Gasteiger partial charge is 0.124 e. The molecule has 0 unspecified atom stereocenters. The summed E-state index contributed by atoms with van der Waals surface area (Å²) in [5.41, 5.74) is 3.31. The van der Waals surface area contributed by atoms with E-state index in [0.717, 1.165) is 35.6 Å². The molecular formula is C17H17ClN2O. The molecule has 108 valence electrons. The molecule has 0 aliphatic rings. The Morgan fingerprint density at radius 2 is 1.86 bits per heavy atom. The number of rotatable bonds is 5. The van der Waals surface area contributed by atoms with Crippen LogP contribution in [-0.4, -0.2) is 16.7 Å². The molecule has 0 bridgehead atoms. The third kappa shape index (κ3) is 2.74. The second kappa shape index (κ2) is 6.19. The summed E-state index contributed by atoms with van der Waals surface area (Å²) < 4.78 is 7.60. The lowest BCUT2D eigenvalue weighted by Crippen LogP contribution is -2.06. The van der Waals surface area contributed by atoms with Gasteiger partial charge in [-0.2, -0.15) is 0 Å². The number of fused-ring (bicyclic) bond motifs is 1. The fraction of sp³-hybridized carbons (Fsp3) is 0.235. The molecule has 0 amide bonds. The van der Waals surface area contributed by atoms with Crippen LogP contribution in [0.1, 0.15) is 11.4 Å². The Balaban J connectivity index is 1.91. The maximum Gasteiger partial charge on any atom is 0.124 e. The second-order valence-corrected chi connectivity index (χ2v) is 5.13. The molecule has 0 aliphatic carbocycles. The van der Waals surface area contributed by atoms with Crippen LogP contribution in [0.25, 0.3) is 11.0 Å². The number of methoxy groups -OCH3 is 1. The van der Waals surface area contributed by atoms with Crippen LogP contribution >= 0.6 is 11.6 Å². The summed E-state index contributed by atoms with van der Waals surface area (Å²) in [6.45, 7) is 0.836. The quantitative estimate of drug-likeness (QED) is 0.665. The van der Waals surface area contributed by atoms with E-state index < -0.39 is 0 Å². The first-order chi connectivity index (χ1) is 10.3. The third-order valence-electron chi connectivity index (χ3n) is 3.65. The van der Waals surface area contributed by atoms with Gasteiger partial charge in [0.1, 0.15) is 11.6 Å². The number of nitrogens with zero attached hydrogens (tertiary/aromatic N) is 2. The van der Waals surface area contributed by atoms with Crippen molar-refractivity contribution in [1.82, 2.24) is 9.55 Å². The van der Waals surface area contributed by atoms with Crippen molar-refractivity contribution in [2.75, 3.05) is 7.11 Å². The van der Waals surface area contributed by atoms with E-state index in [2.05, 4.69) is 21.7 Å². The Morgan fingerprint density at radius 1 is 1.10 bits per heavy atom. The van der Waals surface area contributed by atoms with Crippen LogP contribution in [-0.2, 0) is 18.8 Å². The van der Waals surface area contributed by atoms with Gasteiger partial charge in [-0.25, -0.2) is 4.98 Å². The molecule has 3 aromatic rings. The zero-order valence-electron chi connectivity index (χ0n) is 11.9. The molecule has 3 rings (SSSR count). The zero-order chi connectivity index (χ0) is 14.7. The van der Waals surface area contributed by atoms with Crippen LogP contribution in [0.15, 0.2) is 48.5 Å². The molecule has 0 saturated heterocycles. The van der Waals surface area contributed by atoms with Crippen LogP contribution in [0.4, 0.5) is 0 Å². The van der Waals surface area contributed by atoms with Crippen molar-refractivity contribution >= 4 is 22.6 Å². The van der Waals surface area contributed by atoms with Crippen LogP contribution in [0.5, 0.6) is 5.75 Å². The fourth-order valence-corrected chi connectivity index (χ4v) is 2.82. The predicted octanol–water partition coefficient (Wildman–Crippen LogP) is 4.03. The highest BCUT2D eigenvalue weighted by molar-refractivity contribution is 6.16. The fourth-order valence-electron chi connectivity index (χ4n) is 2.62.